The largest absolute Gasteiger partial charge is 0.756 e. The highest BCUT2D eigenvalue weighted by molar-refractivity contribution is 7.59. The molecule has 5 rings (SSSR count). The van der Waals surface area contributed by atoms with Gasteiger partial charge in [0.1, 0.15) is 30.2 Å². The first-order chi connectivity index (χ1) is 19.3. The zero-order chi connectivity index (χ0) is 30.2. The van der Waals surface area contributed by atoms with Crippen LogP contribution in [0.15, 0.2) is 12.7 Å². The van der Waals surface area contributed by atoms with Crippen molar-refractivity contribution in [3.8, 4) is 0 Å². The van der Waals surface area contributed by atoms with Crippen molar-refractivity contribution in [2.45, 2.75) is 101 Å². The third-order valence-electron chi connectivity index (χ3n) is 6.90. The van der Waals surface area contributed by atoms with E-state index in [1.54, 1.807) is 0 Å². The van der Waals surface area contributed by atoms with Gasteiger partial charge < -0.3 is 51.4 Å². The summed E-state index contributed by atoms with van der Waals surface area (Å²) in [7, 11) is -11.0. The lowest BCUT2D eigenvalue weighted by atomic mass is 9.97. The minimum absolute atomic E-state index is 0.0714. The second kappa shape index (κ2) is 15.2. The van der Waals surface area contributed by atoms with Crippen molar-refractivity contribution in [1.29, 1.82) is 0 Å². The van der Waals surface area contributed by atoms with Crippen LogP contribution in [0.5, 0.6) is 0 Å². The van der Waals surface area contributed by atoms with E-state index in [2.05, 4.69) is 23.8 Å². The third-order valence-corrected chi connectivity index (χ3v) is 8.99. The maximum absolute atomic E-state index is 11.3. The van der Waals surface area contributed by atoms with E-state index in [0.29, 0.717) is 12.1 Å². The molecular weight excluding hydrogens is 584 g/mol. The second-order valence-corrected chi connectivity index (χ2v) is 13.0. The van der Waals surface area contributed by atoms with Crippen LogP contribution in [0.25, 0.3) is 11.2 Å². The highest BCUT2D eigenvalue weighted by Crippen LogP contribution is 2.52. The van der Waals surface area contributed by atoms with Gasteiger partial charge in [-0.1, -0.05) is 38.5 Å². The van der Waals surface area contributed by atoms with Gasteiger partial charge >= 0.3 is 0 Å². The van der Waals surface area contributed by atoms with Gasteiger partial charge in [-0.15, -0.1) is 0 Å². The Bertz CT molecular complexity index is 1170. The molecule has 3 heterocycles. The van der Waals surface area contributed by atoms with Gasteiger partial charge in [0, 0.05) is 12.1 Å². The number of phosphoric ester groups is 1. The molecule has 9 N–H and O–H groups in total. The van der Waals surface area contributed by atoms with E-state index in [9.17, 15) is 29.1 Å². The molecule has 0 amide bonds. The number of nitrogen functional groups attached to an aromatic ring is 1. The van der Waals surface area contributed by atoms with E-state index in [1.807, 2.05) is 0 Å². The summed E-state index contributed by atoms with van der Waals surface area (Å²) in [6, 6.07) is 1.07. The molecule has 17 nitrogen and oxygen atoms in total. The molecule has 41 heavy (non-hydrogen) atoms. The Hall–Kier alpha value is -1.59. The Kier molecular flexibility index (Phi) is 12.6. The molecule has 0 radical (unpaired) electrons. The van der Waals surface area contributed by atoms with Crippen molar-refractivity contribution >= 4 is 32.6 Å². The van der Waals surface area contributed by atoms with Crippen LogP contribution in [-0.2, 0) is 22.7 Å². The average molecular weight is 624 g/mol. The molecule has 2 aromatic heterocycles. The summed E-state index contributed by atoms with van der Waals surface area (Å²) in [5.41, 5.74) is 17.3. The molecular formula is C22H39N7O10P2-2. The molecule has 234 valence electrons. The number of hydrogen-bond acceptors (Lipinski definition) is 15. The average Bonchev–Trinajstić information content (AvgIpc) is 3.45. The minimum Gasteiger partial charge on any atom is -0.756 e. The number of imidazole rings is 1. The van der Waals surface area contributed by atoms with Gasteiger partial charge in [0.15, 0.2) is 17.7 Å². The molecule has 3 aliphatic rings. The highest BCUT2D eigenvalue weighted by atomic mass is 31.3. The Morgan fingerprint density at radius 2 is 1.51 bits per heavy atom. The number of nitrogens with two attached hydrogens (primary N) is 3. The van der Waals surface area contributed by atoms with Crippen LogP contribution in [-0.4, -0.2) is 71.6 Å². The van der Waals surface area contributed by atoms with Gasteiger partial charge in [0.05, 0.1) is 12.9 Å². The van der Waals surface area contributed by atoms with E-state index in [-0.39, 0.29) is 17.0 Å². The first-order valence-electron chi connectivity index (χ1n) is 13.4. The minimum atomic E-state index is -5.60. The van der Waals surface area contributed by atoms with Crippen molar-refractivity contribution in [3.63, 3.8) is 0 Å². The quantitative estimate of drug-likeness (QED) is 0.222. The fraction of sp³-hybridized carbons (Fsp3) is 0.773. The fourth-order valence-electron chi connectivity index (χ4n) is 4.74. The summed E-state index contributed by atoms with van der Waals surface area (Å²) in [6.07, 6.45) is 9.92. The van der Waals surface area contributed by atoms with Crippen molar-refractivity contribution in [2.24, 2.45) is 11.5 Å². The molecule has 2 aromatic rings. The maximum atomic E-state index is 11.3. The van der Waals surface area contributed by atoms with Crippen LogP contribution in [0.3, 0.4) is 0 Å². The molecule has 19 heteroatoms. The first-order valence-corrected chi connectivity index (χ1v) is 16.4. The van der Waals surface area contributed by atoms with Crippen LogP contribution in [0.2, 0.25) is 0 Å². The van der Waals surface area contributed by atoms with Crippen molar-refractivity contribution in [2.75, 3.05) is 12.3 Å². The normalized spacial score (nSPS) is 28.6. The maximum Gasteiger partial charge on any atom is 0.274 e. The number of ether oxygens (including phenoxy) is 1. The van der Waals surface area contributed by atoms with Gasteiger partial charge in [-0.3, -0.25) is 13.7 Å². The molecule has 6 atom stereocenters. The summed E-state index contributed by atoms with van der Waals surface area (Å²) < 4.78 is 36.1. The van der Waals surface area contributed by atoms with E-state index >= 15 is 0 Å². The van der Waals surface area contributed by atoms with Crippen LogP contribution >= 0.6 is 15.6 Å². The number of phosphoric acid groups is 2. The van der Waals surface area contributed by atoms with Crippen LogP contribution in [0, 0.1) is 0 Å². The zero-order valence-corrected chi connectivity index (χ0v) is 24.3. The van der Waals surface area contributed by atoms with Gasteiger partial charge in [0.25, 0.3) is 15.6 Å². The molecule has 2 aliphatic carbocycles. The molecule has 0 spiro atoms. The lowest BCUT2D eigenvalue weighted by Crippen LogP contribution is -2.34. The number of hydrogen-bond donors (Lipinski definition) is 6. The standard InChI is InChI=1S/C10H15N5O10P2.2C6H13N/c11-8-5-9(13-2-12-8)15(3-14-5)10-7(17)6(16)4(24-10)1-23-27(21,22)25-26(18,19)20;2*7-6-4-2-1-3-5-6/h2-4,6-7,10,16-17H,1H2,(H,21,22)(H2,11,12,13)(H2,18,19,20);2*6H,1-5,7H2/p-2/t4-,6-,7-,10-;;/m1../s1. The predicted octanol–water partition coefficient (Wildman–Crippen LogP) is -0.454. The number of nitrogens with zero attached hydrogens (tertiary/aromatic N) is 4. The van der Waals surface area contributed by atoms with Crippen molar-refractivity contribution in [3.05, 3.63) is 12.7 Å². The van der Waals surface area contributed by atoms with Gasteiger partial charge in [-0.05, 0) is 25.7 Å². The Morgan fingerprint density at radius 3 is 2.00 bits per heavy atom. The van der Waals surface area contributed by atoms with Crippen LogP contribution in [0.1, 0.15) is 70.4 Å². The number of fused-ring (bicyclic) bond motifs is 1. The van der Waals surface area contributed by atoms with Gasteiger partial charge in [-0.2, -0.15) is 0 Å². The fourth-order valence-corrected chi connectivity index (χ4v) is 6.26. The molecule has 0 aromatic carbocycles. The second-order valence-electron chi connectivity index (χ2n) is 10.2. The lowest BCUT2D eigenvalue weighted by molar-refractivity contribution is -0.242. The predicted molar refractivity (Wildman–Crippen MR) is 142 cm³/mol. The van der Waals surface area contributed by atoms with Crippen molar-refractivity contribution < 1.29 is 47.6 Å². The molecule has 1 saturated heterocycles. The molecule has 3 fully saturated rings. The topological polar surface area (TPSA) is 290 Å². The summed E-state index contributed by atoms with van der Waals surface area (Å²) in [4.78, 5) is 41.9. The smallest absolute Gasteiger partial charge is 0.274 e. The molecule has 0 bridgehead atoms. The summed E-state index contributed by atoms with van der Waals surface area (Å²) in [6.45, 7) is -0.904. The van der Waals surface area contributed by atoms with Gasteiger partial charge in [-0.25, -0.2) is 19.3 Å². The number of aliphatic hydroxyl groups is 2. The SMILES string of the molecule is NC1CCCCC1.NC1CCCCC1.Nc1ncnc2c1ncn2[C@@H]1O[C@H](COP(=O)([O-])OP(=O)([O-])O)[C@@H](O)[C@H]1O. The monoisotopic (exact) mass is 623 g/mol. The highest BCUT2D eigenvalue weighted by Gasteiger charge is 2.45. The third kappa shape index (κ3) is 10.6. The van der Waals surface area contributed by atoms with Crippen LogP contribution in [0.4, 0.5) is 5.82 Å². The molecule has 1 aliphatic heterocycles. The van der Waals surface area contributed by atoms with Crippen molar-refractivity contribution in [1.82, 2.24) is 19.5 Å². The summed E-state index contributed by atoms with van der Waals surface area (Å²) in [5, 5.41) is 20.2. The number of anilines is 1. The number of aromatic nitrogens is 4. The molecule has 2 saturated carbocycles. The van der Waals surface area contributed by atoms with Crippen LogP contribution < -0.4 is 27.0 Å². The van der Waals surface area contributed by atoms with E-state index in [1.165, 1.54) is 75.1 Å². The summed E-state index contributed by atoms with van der Waals surface area (Å²) in [5.74, 6) is 0.0714. The lowest BCUT2D eigenvalue weighted by Gasteiger charge is -2.28. The Morgan fingerprint density at radius 1 is 0.951 bits per heavy atom. The zero-order valence-electron chi connectivity index (χ0n) is 22.5. The number of aliphatic hydroxyl groups excluding tert-OH is 2. The van der Waals surface area contributed by atoms with Gasteiger partial charge in [0.2, 0.25) is 0 Å². The first kappa shape index (κ1) is 33.9. The molecule has 2 unspecified atom stereocenters. The van der Waals surface area contributed by atoms with E-state index in [0.717, 1.165) is 6.33 Å². The number of rotatable bonds is 6. The Balaban J connectivity index is 0.000000267. The summed E-state index contributed by atoms with van der Waals surface area (Å²) >= 11 is 0. The van der Waals surface area contributed by atoms with E-state index in [4.69, 9.17) is 26.8 Å². The Labute approximate surface area is 237 Å². The van der Waals surface area contributed by atoms with E-state index < -0.39 is 46.8 Å².